The van der Waals surface area contributed by atoms with Gasteiger partial charge in [-0.05, 0) is 36.8 Å². The quantitative estimate of drug-likeness (QED) is 0.789. The van der Waals surface area contributed by atoms with Crippen LogP contribution in [0.5, 0.6) is 0 Å². The summed E-state index contributed by atoms with van der Waals surface area (Å²) in [4.78, 5) is 29.0. The van der Waals surface area contributed by atoms with Gasteiger partial charge in [0.1, 0.15) is 6.61 Å². The molecule has 1 spiro atoms. The number of ether oxygens (including phenoxy) is 1. The Hall–Kier alpha value is -2.30. The van der Waals surface area contributed by atoms with Crippen LogP contribution in [0.25, 0.3) is 0 Å². The molecule has 2 amide bonds. The molecule has 1 aromatic rings. The van der Waals surface area contributed by atoms with Gasteiger partial charge in [-0.3, -0.25) is 9.69 Å². The smallest absolute Gasteiger partial charge is 0.414 e. The number of nitrogens with zero attached hydrogens (tertiary/aromatic N) is 2. The highest BCUT2D eigenvalue weighted by atomic mass is 16.6. The molecule has 0 bridgehead atoms. The summed E-state index contributed by atoms with van der Waals surface area (Å²) in [6.07, 6.45) is 4.50. The molecule has 3 aliphatic rings. The van der Waals surface area contributed by atoms with Gasteiger partial charge in [-0.2, -0.15) is 0 Å². The Morgan fingerprint density at radius 2 is 2.17 bits per heavy atom. The standard InChI is InChI=1S/C18H20N2O3/c1-2-9-23-17(22)19-11-13-10-18(7-8-18)12-20(13)16(21)14-5-3-4-6-15(14)19/h2-6,13H,1,7-12H2. The predicted octanol–water partition coefficient (Wildman–Crippen LogP) is 2.82. The van der Waals surface area contributed by atoms with Crippen molar-refractivity contribution in [3.05, 3.63) is 42.5 Å². The van der Waals surface area contributed by atoms with Crippen LogP contribution in [-0.4, -0.2) is 42.6 Å². The maximum atomic E-state index is 12.9. The molecule has 23 heavy (non-hydrogen) atoms. The van der Waals surface area contributed by atoms with Gasteiger partial charge in [0.15, 0.2) is 0 Å². The van der Waals surface area contributed by atoms with E-state index in [0.717, 1.165) is 13.0 Å². The Morgan fingerprint density at radius 3 is 2.91 bits per heavy atom. The van der Waals surface area contributed by atoms with Crippen LogP contribution < -0.4 is 4.90 Å². The molecule has 5 nitrogen and oxygen atoms in total. The van der Waals surface area contributed by atoms with Crippen molar-refractivity contribution in [2.75, 3.05) is 24.6 Å². The molecule has 2 heterocycles. The minimum Gasteiger partial charge on any atom is -0.445 e. The minimum absolute atomic E-state index is 0.0356. The fraction of sp³-hybridized carbons (Fsp3) is 0.444. The van der Waals surface area contributed by atoms with Crippen molar-refractivity contribution >= 4 is 17.7 Å². The van der Waals surface area contributed by atoms with Gasteiger partial charge in [0, 0.05) is 13.1 Å². The van der Waals surface area contributed by atoms with E-state index in [0.29, 0.717) is 23.2 Å². The zero-order chi connectivity index (χ0) is 16.0. The number of hydrogen-bond acceptors (Lipinski definition) is 3. The Bertz CT molecular complexity index is 681. The van der Waals surface area contributed by atoms with Crippen LogP contribution in [0.4, 0.5) is 10.5 Å². The molecule has 1 atom stereocenters. The summed E-state index contributed by atoms with van der Waals surface area (Å²) in [5.41, 5.74) is 1.54. The number of carbonyl (C=O) groups is 2. The highest BCUT2D eigenvalue weighted by Crippen LogP contribution is 2.55. The molecule has 5 heteroatoms. The molecular formula is C18H20N2O3. The van der Waals surface area contributed by atoms with Crippen molar-refractivity contribution in [1.82, 2.24) is 4.90 Å². The van der Waals surface area contributed by atoms with Gasteiger partial charge in [0.25, 0.3) is 5.91 Å². The second-order valence-electron chi connectivity index (χ2n) is 6.78. The van der Waals surface area contributed by atoms with Crippen LogP contribution in [0.3, 0.4) is 0 Å². The number of anilines is 1. The maximum Gasteiger partial charge on any atom is 0.414 e. The van der Waals surface area contributed by atoms with Gasteiger partial charge in [0.05, 0.1) is 17.3 Å². The largest absolute Gasteiger partial charge is 0.445 e. The highest BCUT2D eigenvalue weighted by Gasteiger charge is 2.54. The van der Waals surface area contributed by atoms with Crippen LogP contribution in [0, 0.1) is 5.41 Å². The first-order chi connectivity index (χ1) is 11.1. The molecule has 4 rings (SSSR count). The first-order valence-corrected chi connectivity index (χ1v) is 8.09. The number of para-hydroxylation sites is 1. The van der Waals surface area contributed by atoms with Gasteiger partial charge in [0.2, 0.25) is 0 Å². The van der Waals surface area contributed by atoms with E-state index in [1.165, 1.54) is 12.8 Å². The van der Waals surface area contributed by atoms with Gasteiger partial charge < -0.3 is 9.64 Å². The van der Waals surface area contributed by atoms with Crippen LogP contribution >= 0.6 is 0 Å². The van der Waals surface area contributed by atoms with Crippen LogP contribution in [0.15, 0.2) is 36.9 Å². The van der Waals surface area contributed by atoms with E-state index < -0.39 is 6.09 Å². The minimum atomic E-state index is -0.413. The third-order valence-electron chi connectivity index (χ3n) is 5.20. The Kier molecular flexibility index (Phi) is 3.18. The SMILES string of the molecule is C=CCOC(=O)N1CC2CC3(CC3)CN2C(=O)c2ccccc21. The van der Waals surface area contributed by atoms with E-state index in [9.17, 15) is 9.59 Å². The number of benzene rings is 1. The molecule has 1 aliphatic carbocycles. The molecule has 2 fully saturated rings. The number of hydrogen-bond donors (Lipinski definition) is 0. The average Bonchev–Trinajstić information content (AvgIpc) is 3.24. The first kappa shape index (κ1) is 14.3. The first-order valence-electron chi connectivity index (χ1n) is 8.09. The number of amides is 2. The Morgan fingerprint density at radius 1 is 1.39 bits per heavy atom. The molecule has 1 unspecified atom stereocenters. The molecule has 1 saturated heterocycles. The summed E-state index contributed by atoms with van der Waals surface area (Å²) >= 11 is 0. The summed E-state index contributed by atoms with van der Waals surface area (Å²) in [6.45, 7) is 5.07. The number of carbonyl (C=O) groups excluding carboxylic acids is 2. The van der Waals surface area contributed by atoms with Crippen molar-refractivity contribution in [2.45, 2.75) is 25.3 Å². The topological polar surface area (TPSA) is 49.9 Å². The Balaban J connectivity index is 1.71. The van der Waals surface area contributed by atoms with Gasteiger partial charge in [-0.25, -0.2) is 4.79 Å². The van der Waals surface area contributed by atoms with Crippen molar-refractivity contribution in [1.29, 1.82) is 0 Å². The molecule has 0 N–H and O–H groups in total. The zero-order valence-electron chi connectivity index (χ0n) is 13.0. The van der Waals surface area contributed by atoms with E-state index in [4.69, 9.17) is 4.74 Å². The predicted molar refractivity (Wildman–Crippen MR) is 86.4 cm³/mol. The van der Waals surface area contributed by atoms with Crippen molar-refractivity contribution in [2.24, 2.45) is 5.41 Å². The van der Waals surface area contributed by atoms with Crippen molar-refractivity contribution < 1.29 is 14.3 Å². The lowest BCUT2D eigenvalue weighted by Crippen LogP contribution is -2.42. The molecule has 2 aliphatic heterocycles. The van der Waals surface area contributed by atoms with Crippen LogP contribution in [0.2, 0.25) is 0 Å². The third-order valence-corrected chi connectivity index (χ3v) is 5.20. The number of rotatable bonds is 2. The summed E-state index contributed by atoms with van der Waals surface area (Å²) < 4.78 is 5.23. The van der Waals surface area contributed by atoms with Gasteiger partial charge >= 0.3 is 6.09 Å². The summed E-state index contributed by atoms with van der Waals surface area (Å²) in [6, 6.07) is 7.38. The molecule has 120 valence electrons. The van der Waals surface area contributed by atoms with E-state index in [2.05, 4.69) is 6.58 Å². The monoisotopic (exact) mass is 312 g/mol. The summed E-state index contributed by atoms with van der Waals surface area (Å²) in [5.74, 6) is 0.0356. The van der Waals surface area contributed by atoms with Gasteiger partial charge in [-0.15, -0.1) is 0 Å². The number of fused-ring (bicyclic) bond motifs is 2. The van der Waals surface area contributed by atoms with E-state index in [1.54, 1.807) is 17.0 Å². The van der Waals surface area contributed by atoms with E-state index in [-0.39, 0.29) is 18.6 Å². The third kappa shape index (κ3) is 2.31. The molecule has 1 saturated carbocycles. The van der Waals surface area contributed by atoms with Crippen LogP contribution in [0.1, 0.15) is 29.6 Å². The Labute approximate surface area is 135 Å². The van der Waals surface area contributed by atoms with Crippen LogP contribution in [-0.2, 0) is 4.74 Å². The van der Waals surface area contributed by atoms with Crippen molar-refractivity contribution in [3.8, 4) is 0 Å². The van der Waals surface area contributed by atoms with E-state index >= 15 is 0 Å². The maximum absolute atomic E-state index is 12.9. The lowest BCUT2D eigenvalue weighted by atomic mass is 10.0. The summed E-state index contributed by atoms with van der Waals surface area (Å²) in [7, 11) is 0. The fourth-order valence-electron chi connectivity index (χ4n) is 3.84. The molecule has 0 radical (unpaired) electrons. The second kappa shape index (κ2) is 5.11. The fourth-order valence-corrected chi connectivity index (χ4v) is 3.84. The normalized spacial score (nSPS) is 24.0. The lowest BCUT2D eigenvalue weighted by Gasteiger charge is -2.25. The van der Waals surface area contributed by atoms with E-state index in [1.807, 2.05) is 23.1 Å². The lowest BCUT2D eigenvalue weighted by molar-refractivity contribution is 0.0741. The summed E-state index contributed by atoms with van der Waals surface area (Å²) in [5, 5.41) is 0. The highest BCUT2D eigenvalue weighted by molar-refractivity contribution is 6.04. The molecular weight excluding hydrogens is 292 g/mol. The van der Waals surface area contributed by atoms with Crippen molar-refractivity contribution in [3.63, 3.8) is 0 Å². The van der Waals surface area contributed by atoms with Gasteiger partial charge in [-0.1, -0.05) is 24.8 Å². The average molecular weight is 312 g/mol. The zero-order valence-corrected chi connectivity index (χ0v) is 13.0. The second-order valence-corrected chi connectivity index (χ2v) is 6.78. The molecule has 0 aromatic heterocycles. The molecule has 1 aromatic carbocycles.